The normalized spacial score (nSPS) is 17.8. The highest BCUT2D eigenvalue weighted by Crippen LogP contribution is 2.34. The molecule has 8 heteroatoms. The topological polar surface area (TPSA) is 62.3 Å². The van der Waals surface area contributed by atoms with Gasteiger partial charge in [-0.3, -0.25) is 14.5 Å². The fourth-order valence-corrected chi connectivity index (χ4v) is 4.42. The first kappa shape index (κ1) is 20.4. The van der Waals surface area contributed by atoms with Crippen LogP contribution in [0.5, 0.6) is 11.5 Å². The molecule has 158 valence electrons. The maximum atomic E-state index is 13.3. The van der Waals surface area contributed by atoms with Crippen LogP contribution in [0.4, 0.5) is 0 Å². The minimum Gasteiger partial charge on any atom is -0.497 e. The van der Waals surface area contributed by atoms with Gasteiger partial charge in [-0.15, -0.1) is 11.3 Å². The number of piperazine rings is 1. The number of amides is 2. The fraction of sp³-hybridized carbons (Fsp3) is 0.364. The molecule has 0 saturated carbocycles. The van der Waals surface area contributed by atoms with Crippen molar-refractivity contribution in [3.8, 4) is 11.5 Å². The zero-order chi connectivity index (χ0) is 21.1. The van der Waals surface area contributed by atoms with E-state index in [9.17, 15) is 9.59 Å². The van der Waals surface area contributed by atoms with Gasteiger partial charge in [-0.2, -0.15) is 0 Å². The minimum atomic E-state index is -0.241. The quantitative estimate of drug-likeness (QED) is 0.631. The summed E-state index contributed by atoms with van der Waals surface area (Å²) in [5, 5.41) is 1.93. The highest BCUT2D eigenvalue weighted by Gasteiger charge is 2.42. The standard InChI is InChI=1S/C22H25N3O4S/c1-23-9-11-24(12-10-23)20-19(18-4-3-15-30-18)21(26)25(22(20)27)13-14-29-17-7-5-16(28-2)6-8-17/h3-8,15H,9-14H2,1-2H3. The molecule has 1 aromatic carbocycles. The second kappa shape index (κ2) is 8.89. The van der Waals surface area contributed by atoms with Gasteiger partial charge in [-0.25, -0.2) is 0 Å². The Morgan fingerprint density at radius 2 is 1.67 bits per heavy atom. The van der Waals surface area contributed by atoms with Crippen LogP contribution in [-0.4, -0.2) is 80.0 Å². The third kappa shape index (κ3) is 4.06. The van der Waals surface area contributed by atoms with Gasteiger partial charge in [0.25, 0.3) is 11.8 Å². The van der Waals surface area contributed by atoms with Crippen LogP contribution in [0.15, 0.2) is 47.5 Å². The lowest BCUT2D eigenvalue weighted by Gasteiger charge is -2.34. The van der Waals surface area contributed by atoms with E-state index in [0.29, 0.717) is 17.0 Å². The van der Waals surface area contributed by atoms with Gasteiger partial charge in [0.05, 0.1) is 19.2 Å². The number of carbonyl (C=O) groups excluding carboxylic acids is 2. The molecular weight excluding hydrogens is 402 g/mol. The molecule has 1 aromatic heterocycles. The van der Waals surface area contributed by atoms with Crippen LogP contribution in [-0.2, 0) is 9.59 Å². The third-order valence-electron chi connectivity index (χ3n) is 5.37. The molecule has 4 rings (SSSR count). The molecule has 2 amide bonds. The Morgan fingerprint density at radius 3 is 2.30 bits per heavy atom. The van der Waals surface area contributed by atoms with E-state index in [1.165, 1.54) is 16.2 Å². The van der Waals surface area contributed by atoms with E-state index in [1.54, 1.807) is 19.2 Å². The summed E-state index contributed by atoms with van der Waals surface area (Å²) in [6.07, 6.45) is 0. The Morgan fingerprint density at radius 1 is 0.967 bits per heavy atom. The zero-order valence-electron chi connectivity index (χ0n) is 17.2. The fourth-order valence-electron chi connectivity index (χ4n) is 3.66. The van der Waals surface area contributed by atoms with Crippen molar-refractivity contribution in [2.45, 2.75) is 0 Å². The van der Waals surface area contributed by atoms with Gasteiger partial charge in [-0.1, -0.05) is 6.07 Å². The average molecular weight is 428 g/mol. The number of hydrogen-bond acceptors (Lipinski definition) is 7. The number of rotatable bonds is 7. The lowest BCUT2D eigenvalue weighted by Crippen LogP contribution is -2.46. The third-order valence-corrected chi connectivity index (χ3v) is 6.26. The maximum absolute atomic E-state index is 13.3. The number of ether oxygens (including phenoxy) is 2. The minimum absolute atomic E-state index is 0.204. The molecule has 7 nitrogen and oxygen atoms in total. The lowest BCUT2D eigenvalue weighted by atomic mass is 10.1. The summed E-state index contributed by atoms with van der Waals surface area (Å²) in [6.45, 7) is 3.63. The highest BCUT2D eigenvalue weighted by molar-refractivity contribution is 7.11. The maximum Gasteiger partial charge on any atom is 0.278 e. The van der Waals surface area contributed by atoms with Crippen LogP contribution in [0.25, 0.3) is 5.57 Å². The monoisotopic (exact) mass is 427 g/mol. The number of likely N-dealkylation sites (N-methyl/N-ethyl adjacent to an activating group) is 1. The molecule has 3 heterocycles. The van der Waals surface area contributed by atoms with Crippen molar-refractivity contribution < 1.29 is 19.1 Å². The number of hydrogen-bond donors (Lipinski definition) is 0. The first-order chi connectivity index (χ1) is 14.6. The first-order valence-electron chi connectivity index (χ1n) is 9.93. The summed E-state index contributed by atoms with van der Waals surface area (Å²) >= 11 is 1.48. The molecule has 0 aliphatic carbocycles. The molecule has 0 N–H and O–H groups in total. The van der Waals surface area contributed by atoms with Gasteiger partial charge in [0.15, 0.2) is 0 Å². The summed E-state index contributed by atoms with van der Waals surface area (Å²) in [4.78, 5) is 32.9. The van der Waals surface area contributed by atoms with Gasteiger partial charge in [-0.05, 0) is 42.8 Å². The van der Waals surface area contributed by atoms with Gasteiger partial charge < -0.3 is 19.3 Å². The van der Waals surface area contributed by atoms with Crippen LogP contribution in [0, 0.1) is 0 Å². The van der Waals surface area contributed by atoms with Crippen molar-refractivity contribution in [2.24, 2.45) is 0 Å². The van der Waals surface area contributed by atoms with Crippen molar-refractivity contribution in [3.05, 3.63) is 52.4 Å². The van der Waals surface area contributed by atoms with E-state index >= 15 is 0 Å². The van der Waals surface area contributed by atoms with Crippen LogP contribution in [0.1, 0.15) is 4.88 Å². The van der Waals surface area contributed by atoms with Crippen molar-refractivity contribution in [1.29, 1.82) is 0 Å². The van der Waals surface area contributed by atoms with Gasteiger partial charge in [0.2, 0.25) is 0 Å². The van der Waals surface area contributed by atoms with Crippen molar-refractivity contribution >= 4 is 28.7 Å². The molecule has 30 heavy (non-hydrogen) atoms. The SMILES string of the molecule is COc1ccc(OCCN2C(=O)C(c3cccs3)=C(N3CCN(C)CC3)C2=O)cc1. The molecule has 2 aromatic rings. The van der Waals surface area contributed by atoms with Crippen LogP contribution in [0.3, 0.4) is 0 Å². The molecule has 0 spiro atoms. The number of carbonyl (C=O) groups is 2. The average Bonchev–Trinajstić information content (AvgIpc) is 3.37. The Bertz CT molecular complexity index is 932. The number of methoxy groups -OCH3 is 1. The van der Waals surface area contributed by atoms with Crippen LogP contribution in [0.2, 0.25) is 0 Å². The number of imide groups is 1. The van der Waals surface area contributed by atoms with Gasteiger partial charge >= 0.3 is 0 Å². The summed E-state index contributed by atoms with van der Waals surface area (Å²) < 4.78 is 10.9. The molecule has 0 radical (unpaired) electrons. The Hall–Kier alpha value is -2.84. The first-order valence-corrected chi connectivity index (χ1v) is 10.8. The largest absolute Gasteiger partial charge is 0.497 e. The molecule has 0 unspecified atom stereocenters. The molecule has 0 atom stereocenters. The van der Waals surface area contributed by atoms with Crippen molar-refractivity contribution in [1.82, 2.24) is 14.7 Å². The Kier molecular flexibility index (Phi) is 6.06. The van der Waals surface area contributed by atoms with Crippen LogP contribution >= 0.6 is 11.3 Å². The summed E-state index contributed by atoms with van der Waals surface area (Å²) in [6, 6.07) is 11.0. The van der Waals surface area contributed by atoms with Crippen molar-refractivity contribution in [3.63, 3.8) is 0 Å². The molecule has 2 aliphatic rings. The lowest BCUT2D eigenvalue weighted by molar-refractivity contribution is -0.138. The number of thiophene rings is 1. The summed E-state index contributed by atoms with van der Waals surface area (Å²) in [5.74, 6) is 0.940. The summed E-state index contributed by atoms with van der Waals surface area (Å²) in [7, 11) is 3.67. The van der Waals surface area contributed by atoms with E-state index in [1.807, 2.05) is 29.6 Å². The van der Waals surface area contributed by atoms with Crippen LogP contribution < -0.4 is 9.47 Å². The second-order valence-electron chi connectivity index (χ2n) is 7.28. The predicted molar refractivity (Wildman–Crippen MR) is 116 cm³/mol. The smallest absolute Gasteiger partial charge is 0.278 e. The van der Waals surface area contributed by atoms with E-state index in [2.05, 4.69) is 16.8 Å². The Labute approximate surface area is 180 Å². The van der Waals surface area contributed by atoms with E-state index in [4.69, 9.17) is 9.47 Å². The zero-order valence-corrected chi connectivity index (χ0v) is 18.0. The molecular formula is C22H25N3O4S. The molecule has 1 saturated heterocycles. The predicted octanol–water partition coefficient (Wildman–Crippen LogP) is 2.16. The molecule has 1 fully saturated rings. The van der Waals surface area contributed by atoms with Gasteiger partial charge in [0.1, 0.15) is 23.8 Å². The van der Waals surface area contributed by atoms with E-state index in [0.717, 1.165) is 36.8 Å². The molecule has 2 aliphatic heterocycles. The van der Waals surface area contributed by atoms with Crippen molar-refractivity contribution in [2.75, 3.05) is 53.5 Å². The van der Waals surface area contributed by atoms with Gasteiger partial charge in [0, 0.05) is 31.1 Å². The molecule has 0 bridgehead atoms. The Balaban J connectivity index is 1.49. The van der Waals surface area contributed by atoms with E-state index < -0.39 is 0 Å². The van der Waals surface area contributed by atoms with E-state index in [-0.39, 0.29) is 25.0 Å². The highest BCUT2D eigenvalue weighted by atomic mass is 32.1. The number of nitrogens with zero attached hydrogens (tertiary/aromatic N) is 3. The number of benzene rings is 1. The summed E-state index contributed by atoms with van der Waals surface area (Å²) in [5.41, 5.74) is 1.05. The second-order valence-corrected chi connectivity index (χ2v) is 8.22.